The molecule has 0 spiro atoms. The minimum absolute atomic E-state index is 0.152. The van der Waals surface area contributed by atoms with Crippen molar-refractivity contribution in [2.24, 2.45) is 0 Å². The molecule has 3 aromatic rings. The lowest BCUT2D eigenvalue weighted by Crippen LogP contribution is -2.20. The van der Waals surface area contributed by atoms with Crippen LogP contribution >= 0.6 is 34.8 Å². The van der Waals surface area contributed by atoms with Crippen molar-refractivity contribution < 1.29 is 9.53 Å². The number of nitrogens with one attached hydrogen (secondary N) is 1. The van der Waals surface area contributed by atoms with Gasteiger partial charge in [-0.1, -0.05) is 77.3 Å². The molecular formula is C20H14Cl3NO2. The van der Waals surface area contributed by atoms with Gasteiger partial charge < -0.3 is 10.1 Å². The number of hydrogen-bond acceptors (Lipinski definition) is 2. The molecular weight excluding hydrogens is 393 g/mol. The van der Waals surface area contributed by atoms with Gasteiger partial charge in [-0.05, 0) is 35.4 Å². The fraction of sp³-hybridized carbons (Fsp3) is 0.0500. The second-order valence-electron chi connectivity index (χ2n) is 5.47. The molecule has 26 heavy (non-hydrogen) atoms. The number of hydrogen-bond donors (Lipinski definition) is 1. The van der Waals surface area contributed by atoms with E-state index < -0.39 is 0 Å². The monoisotopic (exact) mass is 405 g/mol. The van der Waals surface area contributed by atoms with Crippen molar-refractivity contribution in [3.05, 3.63) is 81.8 Å². The van der Waals surface area contributed by atoms with E-state index in [1.54, 1.807) is 0 Å². The van der Waals surface area contributed by atoms with Crippen molar-refractivity contribution >= 4 is 46.4 Å². The molecule has 0 radical (unpaired) electrons. The van der Waals surface area contributed by atoms with Gasteiger partial charge in [0.2, 0.25) is 0 Å². The van der Waals surface area contributed by atoms with Crippen molar-refractivity contribution in [2.75, 3.05) is 11.9 Å². The summed E-state index contributed by atoms with van der Waals surface area (Å²) in [7, 11) is 0. The number of anilines is 1. The number of carbonyl (C=O) groups excluding carboxylic acids is 1. The number of rotatable bonds is 5. The summed E-state index contributed by atoms with van der Waals surface area (Å²) >= 11 is 17.8. The maximum atomic E-state index is 12.1. The van der Waals surface area contributed by atoms with E-state index in [0.29, 0.717) is 26.5 Å². The van der Waals surface area contributed by atoms with E-state index in [1.807, 2.05) is 54.6 Å². The summed E-state index contributed by atoms with van der Waals surface area (Å²) in [5.41, 5.74) is 2.57. The Kier molecular flexibility index (Phi) is 6.04. The van der Waals surface area contributed by atoms with Crippen LogP contribution in [0, 0.1) is 0 Å². The summed E-state index contributed by atoms with van der Waals surface area (Å²) in [4.78, 5) is 12.1. The Morgan fingerprint density at radius 1 is 0.808 bits per heavy atom. The summed E-state index contributed by atoms with van der Waals surface area (Å²) < 4.78 is 5.51. The first-order chi connectivity index (χ1) is 12.5. The van der Waals surface area contributed by atoms with Crippen LogP contribution in [0.2, 0.25) is 15.1 Å². The summed E-state index contributed by atoms with van der Waals surface area (Å²) in [5, 5.41) is 3.58. The zero-order chi connectivity index (χ0) is 18.5. The number of amides is 1. The fourth-order valence-electron chi connectivity index (χ4n) is 2.33. The minimum Gasteiger partial charge on any atom is -0.484 e. The van der Waals surface area contributed by atoms with Crippen LogP contribution in [0.1, 0.15) is 0 Å². The topological polar surface area (TPSA) is 38.3 Å². The van der Waals surface area contributed by atoms with Crippen LogP contribution in [-0.2, 0) is 4.79 Å². The maximum Gasteiger partial charge on any atom is 0.262 e. The van der Waals surface area contributed by atoms with Gasteiger partial charge in [0, 0.05) is 0 Å². The van der Waals surface area contributed by atoms with Crippen LogP contribution in [0.25, 0.3) is 11.1 Å². The third-order valence-corrected chi connectivity index (χ3v) is 4.65. The maximum absolute atomic E-state index is 12.1. The van der Waals surface area contributed by atoms with Crippen molar-refractivity contribution in [1.82, 2.24) is 0 Å². The summed E-state index contributed by atoms with van der Waals surface area (Å²) in [6.45, 7) is -0.152. The molecule has 0 aliphatic heterocycles. The van der Waals surface area contributed by atoms with E-state index >= 15 is 0 Å². The third kappa shape index (κ3) is 4.70. The van der Waals surface area contributed by atoms with Crippen molar-refractivity contribution in [3.8, 4) is 16.9 Å². The highest BCUT2D eigenvalue weighted by Gasteiger charge is 2.10. The van der Waals surface area contributed by atoms with Gasteiger partial charge in [-0.25, -0.2) is 0 Å². The molecule has 0 fully saturated rings. The second-order valence-corrected chi connectivity index (χ2v) is 6.70. The Hall–Kier alpha value is -2.20. The van der Waals surface area contributed by atoms with E-state index in [1.165, 1.54) is 12.1 Å². The molecule has 0 aromatic heterocycles. The molecule has 0 aliphatic rings. The Morgan fingerprint density at radius 2 is 1.42 bits per heavy atom. The molecule has 0 heterocycles. The molecule has 0 bridgehead atoms. The summed E-state index contributed by atoms with van der Waals surface area (Å²) in [5.74, 6) is 0.248. The number of carbonyl (C=O) groups is 1. The zero-order valence-electron chi connectivity index (χ0n) is 13.5. The van der Waals surface area contributed by atoms with E-state index in [9.17, 15) is 4.79 Å². The lowest BCUT2D eigenvalue weighted by molar-refractivity contribution is -0.118. The smallest absolute Gasteiger partial charge is 0.262 e. The standard InChI is InChI=1S/C20H14Cl3NO2/c21-16-10-18(23)19(11-17(16)22)24-20(25)12-26-15-8-6-14(7-9-15)13-4-2-1-3-5-13/h1-11H,12H2,(H,24,25). The molecule has 132 valence electrons. The van der Waals surface area contributed by atoms with Crippen molar-refractivity contribution in [2.45, 2.75) is 0 Å². The zero-order valence-corrected chi connectivity index (χ0v) is 15.8. The third-order valence-electron chi connectivity index (χ3n) is 3.62. The largest absolute Gasteiger partial charge is 0.484 e. The molecule has 3 rings (SSSR count). The second kappa shape index (κ2) is 8.45. The first kappa shape index (κ1) is 18.6. The molecule has 6 heteroatoms. The van der Waals surface area contributed by atoms with E-state index in [2.05, 4.69) is 5.32 Å². The van der Waals surface area contributed by atoms with Gasteiger partial charge in [0.1, 0.15) is 5.75 Å². The Balaban J connectivity index is 1.59. The van der Waals surface area contributed by atoms with Crippen LogP contribution < -0.4 is 10.1 Å². The summed E-state index contributed by atoms with van der Waals surface area (Å²) in [6.07, 6.45) is 0. The van der Waals surface area contributed by atoms with Crippen LogP contribution in [0.4, 0.5) is 5.69 Å². The molecule has 3 nitrogen and oxygen atoms in total. The lowest BCUT2D eigenvalue weighted by Gasteiger charge is -2.10. The van der Waals surface area contributed by atoms with Gasteiger partial charge in [-0.2, -0.15) is 0 Å². The molecule has 3 aromatic carbocycles. The molecule has 1 amide bonds. The number of ether oxygens (including phenoxy) is 1. The predicted octanol–water partition coefficient (Wildman–Crippen LogP) is 6.33. The van der Waals surface area contributed by atoms with Gasteiger partial charge in [0.25, 0.3) is 5.91 Å². The summed E-state index contributed by atoms with van der Waals surface area (Å²) in [6, 6.07) is 20.5. The van der Waals surface area contributed by atoms with Gasteiger partial charge >= 0.3 is 0 Å². The average molecular weight is 407 g/mol. The fourth-order valence-corrected chi connectivity index (χ4v) is 2.92. The molecule has 0 saturated carbocycles. The Morgan fingerprint density at radius 3 is 2.12 bits per heavy atom. The highest BCUT2D eigenvalue weighted by molar-refractivity contribution is 6.44. The lowest BCUT2D eigenvalue weighted by atomic mass is 10.1. The minimum atomic E-state index is -0.350. The van der Waals surface area contributed by atoms with Crippen LogP contribution in [0.3, 0.4) is 0 Å². The van der Waals surface area contributed by atoms with Gasteiger partial charge in [-0.15, -0.1) is 0 Å². The molecule has 1 N–H and O–H groups in total. The molecule has 0 atom stereocenters. The van der Waals surface area contributed by atoms with Gasteiger partial charge in [0.05, 0.1) is 20.8 Å². The molecule has 0 unspecified atom stereocenters. The van der Waals surface area contributed by atoms with Gasteiger partial charge in [0.15, 0.2) is 6.61 Å². The van der Waals surface area contributed by atoms with Crippen molar-refractivity contribution in [3.63, 3.8) is 0 Å². The predicted molar refractivity (Wildman–Crippen MR) is 107 cm³/mol. The van der Waals surface area contributed by atoms with Crippen molar-refractivity contribution in [1.29, 1.82) is 0 Å². The Bertz CT molecular complexity index is 912. The quantitative estimate of drug-likeness (QED) is 0.503. The molecule has 0 saturated heterocycles. The van der Waals surface area contributed by atoms with E-state index in [4.69, 9.17) is 39.5 Å². The van der Waals surface area contributed by atoms with Crippen LogP contribution in [0.5, 0.6) is 5.75 Å². The first-order valence-electron chi connectivity index (χ1n) is 7.75. The normalized spacial score (nSPS) is 10.4. The number of halogens is 3. The van der Waals surface area contributed by atoms with E-state index in [-0.39, 0.29) is 12.5 Å². The van der Waals surface area contributed by atoms with E-state index in [0.717, 1.165) is 11.1 Å². The van der Waals surface area contributed by atoms with Crippen LogP contribution in [-0.4, -0.2) is 12.5 Å². The highest BCUT2D eigenvalue weighted by atomic mass is 35.5. The SMILES string of the molecule is O=C(COc1ccc(-c2ccccc2)cc1)Nc1cc(Cl)c(Cl)cc1Cl. The first-order valence-corrected chi connectivity index (χ1v) is 8.89. The average Bonchev–Trinajstić information content (AvgIpc) is 2.65. The van der Waals surface area contributed by atoms with Gasteiger partial charge in [-0.3, -0.25) is 4.79 Å². The van der Waals surface area contributed by atoms with Crippen LogP contribution in [0.15, 0.2) is 66.7 Å². The number of benzene rings is 3. The molecule has 0 aliphatic carbocycles. The Labute approximate surface area is 166 Å². The highest BCUT2D eigenvalue weighted by Crippen LogP contribution is 2.32.